The monoisotopic (exact) mass is 368 g/mol. The van der Waals surface area contributed by atoms with E-state index in [0.717, 1.165) is 15.7 Å². The molecule has 0 aromatic heterocycles. The average molecular weight is 370 g/mol. The van der Waals surface area contributed by atoms with Crippen molar-refractivity contribution in [2.75, 3.05) is 4.90 Å². The summed E-state index contributed by atoms with van der Waals surface area (Å²) >= 11 is 9.42. The smallest absolute Gasteiger partial charge is 0.248 e. The van der Waals surface area contributed by atoms with Gasteiger partial charge in [-0.15, -0.1) is 0 Å². The lowest BCUT2D eigenvalue weighted by Gasteiger charge is -2.18. The molecule has 0 saturated carbocycles. The van der Waals surface area contributed by atoms with Crippen molar-refractivity contribution in [3.8, 4) is 0 Å². The number of fused-ring (bicyclic) bond motifs is 1. The molecule has 0 saturated heterocycles. The third kappa shape index (κ3) is 2.57. The highest BCUT2D eigenvalue weighted by Gasteiger charge is 2.35. The molecule has 0 bridgehead atoms. The number of halogens is 3. The molecule has 6 heteroatoms. The van der Waals surface area contributed by atoms with Gasteiger partial charge in [-0.2, -0.15) is 0 Å². The molecule has 3 nitrogen and oxygen atoms in total. The summed E-state index contributed by atoms with van der Waals surface area (Å²) in [5, 5.41) is 0.291. The van der Waals surface area contributed by atoms with Gasteiger partial charge in [0.2, 0.25) is 5.91 Å². The summed E-state index contributed by atoms with van der Waals surface area (Å²) in [6.45, 7) is 0.259. The normalized spacial score (nSPS) is 17.2. The molecule has 1 aliphatic rings. The Morgan fingerprint density at radius 3 is 2.76 bits per heavy atom. The summed E-state index contributed by atoms with van der Waals surface area (Å²) in [6.07, 6.45) is 0. The van der Waals surface area contributed by atoms with Crippen LogP contribution in [-0.4, -0.2) is 5.91 Å². The zero-order valence-electron chi connectivity index (χ0n) is 10.8. The molecule has 1 amide bonds. The van der Waals surface area contributed by atoms with Crippen LogP contribution in [0.4, 0.5) is 10.1 Å². The van der Waals surface area contributed by atoms with Crippen LogP contribution in [0.2, 0.25) is 5.02 Å². The first-order chi connectivity index (χ1) is 9.97. The third-order valence-electron chi connectivity index (χ3n) is 3.49. The first-order valence-electron chi connectivity index (χ1n) is 6.27. The molecule has 0 spiro atoms. The number of nitrogens with zero attached hydrogens (tertiary/aromatic N) is 1. The summed E-state index contributed by atoms with van der Waals surface area (Å²) in [4.78, 5) is 13.9. The molecule has 3 rings (SSSR count). The van der Waals surface area contributed by atoms with Crippen molar-refractivity contribution in [3.63, 3.8) is 0 Å². The molecule has 1 unspecified atom stereocenters. The molecular formula is C15H11BrClFN2O. The van der Waals surface area contributed by atoms with Crippen LogP contribution >= 0.6 is 27.5 Å². The predicted octanol–water partition coefficient (Wildman–Crippen LogP) is 3.79. The van der Waals surface area contributed by atoms with Crippen molar-refractivity contribution < 1.29 is 9.18 Å². The van der Waals surface area contributed by atoms with E-state index in [1.54, 1.807) is 11.0 Å². The number of benzene rings is 2. The molecule has 21 heavy (non-hydrogen) atoms. The highest BCUT2D eigenvalue weighted by molar-refractivity contribution is 9.10. The maximum absolute atomic E-state index is 13.1. The summed E-state index contributed by atoms with van der Waals surface area (Å²) < 4.78 is 14.0. The standard InChI is InChI=1S/C15H11BrClFN2O/c16-9-2-4-11-13(5-9)20(15(21)14(11)19)7-8-1-3-10(18)6-12(8)17/h1-6,14H,7,19H2. The van der Waals surface area contributed by atoms with Crippen LogP contribution in [0.1, 0.15) is 17.2 Å². The Bertz CT molecular complexity index is 738. The van der Waals surface area contributed by atoms with E-state index in [1.807, 2.05) is 18.2 Å². The Morgan fingerprint density at radius 2 is 2.05 bits per heavy atom. The lowest BCUT2D eigenvalue weighted by Crippen LogP contribution is -2.31. The highest BCUT2D eigenvalue weighted by Crippen LogP contribution is 2.38. The van der Waals surface area contributed by atoms with Crippen LogP contribution in [0, 0.1) is 5.82 Å². The van der Waals surface area contributed by atoms with Crippen LogP contribution in [0.3, 0.4) is 0 Å². The summed E-state index contributed by atoms with van der Waals surface area (Å²) in [7, 11) is 0. The number of hydrogen-bond donors (Lipinski definition) is 1. The first-order valence-corrected chi connectivity index (χ1v) is 7.45. The van der Waals surface area contributed by atoms with Crippen LogP contribution in [0.25, 0.3) is 0 Å². The predicted molar refractivity (Wildman–Crippen MR) is 83.7 cm³/mol. The SMILES string of the molecule is NC1C(=O)N(Cc2ccc(F)cc2Cl)c2cc(Br)ccc21. The van der Waals surface area contributed by atoms with Crippen molar-refractivity contribution in [1.82, 2.24) is 0 Å². The molecule has 0 fully saturated rings. The second-order valence-corrected chi connectivity index (χ2v) is 6.16. The van der Waals surface area contributed by atoms with Gasteiger partial charge in [-0.3, -0.25) is 4.79 Å². The van der Waals surface area contributed by atoms with E-state index in [9.17, 15) is 9.18 Å². The van der Waals surface area contributed by atoms with E-state index in [0.29, 0.717) is 10.6 Å². The largest absolute Gasteiger partial charge is 0.316 e. The van der Waals surface area contributed by atoms with Crippen molar-refractivity contribution in [1.29, 1.82) is 0 Å². The lowest BCUT2D eigenvalue weighted by molar-refractivity contribution is -0.119. The number of anilines is 1. The first kappa shape index (κ1) is 14.5. The van der Waals surface area contributed by atoms with Crippen LogP contribution < -0.4 is 10.6 Å². The number of carbonyl (C=O) groups excluding carboxylic acids is 1. The number of amides is 1. The summed E-state index contributed by atoms with van der Waals surface area (Å²) in [5.41, 5.74) is 8.15. The van der Waals surface area contributed by atoms with Gasteiger partial charge in [-0.1, -0.05) is 39.7 Å². The number of hydrogen-bond acceptors (Lipinski definition) is 2. The summed E-state index contributed by atoms with van der Waals surface area (Å²) in [6, 6.07) is 8.98. The van der Waals surface area contributed by atoms with Gasteiger partial charge in [0.05, 0.1) is 12.2 Å². The minimum Gasteiger partial charge on any atom is -0.316 e. The molecule has 1 aliphatic heterocycles. The van der Waals surface area contributed by atoms with Crippen LogP contribution in [0.15, 0.2) is 40.9 Å². The molecule has 0 radical (unpaired) electrons. The Morgan fingerprint density at radius 1 is 1.29 bits per heavy atom. The molecule has 1 heterocycles. The van der Waals surface area contributed by atoms with E-state index in [2.05, 4.69) is 15.9 Å². The number of carbonyl (C=O) groups is 1. The maximum Gasteiger partial charge on any atom is 0.248 e. The molecule has 1 atom stereocenters. The van der Waals surface area contributed by atoms with Gasteiger partial charge in [0.15, 0.2) is 0 Å². The molecule has 108 valence electrons. The number of rotatable bonds is 2. The van der Waals surface area contributed by atoms with Gasteiger partial charge in [0, 0.05) is 15.1 Å². The molecule has 2 aromatic carbocycles. The van der Waals surface area contributed by atoms with E-state index in [-0.39, 0.29) is 12.5 Å². The van der Waals surface area contributed by atoms with Gasteiger partial charge in [-0.25, -0.2) is 4.39 Å². The van der Waals surface area contributed by atoms with Crippen molar-refractivity contribution >= 4 is 39.1 Å². The second kappa shape index (κ2) is 5.40. The van der Waals surface area contributed by atoms with Crippen molar-refractivity contribution in [2.24, 2.45) is 5.73 Å². The van der Waals surface area contributed by atoms with E-state index in [1.165, 1.54) is 12.1 Å². The fraction of sp³-hybridized carbons (Fsp3) is 0.133. The minimum absolute atomic E-state index is 0.191. The molecule has 0 aliphatic carbocycles. The van der Waals surface area contributed by atoms with Crippen molar-refractivity contribution in [2.45, 2.75) is 12.6 Å². The fourth-order valence-corrected chi connectivity index (χ4v) is 2.99. The van der Waals surface area contributed by atoms with Gasteiger partial charge in [0.25, 0.3) is 0 Å². The second-order valence-electron chi connectivity index (χ2n) is 4.84. The van der Waals surface area contributed by atoms with Crippen LogP contribution in [-0.2, 0) is 11.3 Å². The summed E-state index contributed by atoms with van der Waals surface area (Å²) in [5.74, 6) is -0.597. The van der Waals surface area contributed by atoms with E-state index >= 15 is 0 Å². The Labute approximate surface area is 134 Å². The van der Waals surface area contributed by atoms with E-state index < -0.39 is 11.9 Å². The molecule has 2 N–H and O–H groups in total. The van der Waals surface area contributed by atoms with Crippen LogP contribution in [0.5, 0.6) is 0 Å². The van der Waals surface area contributed by atoms with Gasteiger partial charge in [0.1, 0.15) is 11.9 Å². The Hall–Kier alpha value is -1.43. The lowest BCUT2D eigenvalue weighted by atomic mass is 10.1. The average Bonchev–Trinajstić information content (AvgIpc) is 2.66. The quantitative estimate of drug-likeness (QED) is 0.875. The van der Waals surface area contributed by atoms with Gasteiger partial charge >= 0.3 is 0 Å². The van der Waals surface area contributed by atoms with Crippen molar-refractivity contribution in [3.05, 3.63) is 62.8 Å². The fourth-order valence-electron chi connectivity index (χ4n) is 2.42. The Balaban J connectivity index is 2.00. The minimum atomic E-state index is -0.674. The van der Waals surface area contributed by atoms with E-state index in [4.69, 9.17) is 17.3 Å². The maximum atomic E-state index is 13.1. The Kier molecular flexibility index (Phi) is 3.73. The van der Waals surface area contributed by atoms with Gasteiger partial charge < -0.3 is 10.6 Å². The topological polar surface area (TPSA) is 46.3 Å². The molecule has 2 aromatic rings. The zero-order valence-corrected chi connectivity index (χ0v) is 13.2. The molecular weight excluding hydrogens is 359 g/mol. The zero-order chi connectivity index (χ0) is 15.1. The third-order valence-corrected chi connectivity index (χ3v) is 4.34. The highest BCUT2D eigenvalue weighted by atomic mass is 79.9. The van der Waals surface area contributed by atoms with Gasteiger partial charge in [-0.05, 0) is 29.8 Å². The number of nitrogens with two attached hydrogens (primary N) is 1.